The Morgan fingerprint density at radius 3 is 2.68 bits per heavy atom. The number of anilines is 2. The van der Waals surface area contributed by atoms with Crippen molar-refractivity contribution in [3.8, 4) is 0 Å². The zero-order valence-corrected chi connectivity index (χ0v) is 19.6. The number of morpholine rings is 1. The second-order valence-corrected chi connectivity index (χ2v) is 9.16. The molecule has 3 aromatic rings. The van der Waals surface area contributed by atoms with Crippen molar-refractivity contribution in [3.63, 3.8) is 0 Å². The first-order valence-corrected chi connectivity index (χ1v) is 12.0. The highest BCUT2D eigenvalue weighted by molar-refractivity contribution is 7.08. The van der Waals surface area contributed by atoms with Crippen molar-refractivity contribution in [2.45, 2.75) is 6.54 Å². The lowest BCUT2D eigenvalue weighted by Gasteiger charge is -2.26. The summed E-state index contributed by atoms with van der Waals surface area (Å²) in [6.07, 6.45) is 0. The SMILES string of the molecule is CN1C(=O)C(=C(Nc2cccc(CN3CCOCC3)c2)c2ccsc2)c2cc(C(=O)O)ccc21. The third kappa shape index (κ3) is 4.35. The van der Waals surface area contributed by atoms with Crippen molar-refractivity contribution in [1.82, 2.24) is 4.90 Å². The fraction of sp³-hybridized carbons (Fsp3) is 0.231. The first-order chi connectivity index (χ1) is 16.5. The predicted octanol–water partition coefficient (Wildman–Crippen LogP) is 4.24. The topological polar surface area (TPSA) is 82.1 Å². The summed E-state index contributed by atoms with van der Waals surface area (Å²) in [6, 6.07) is 14.9. The molecule has 2 N–H and O–H groups in total. The van der Waals surface area contributed by atoms with Gasteiger partial charge in [0.15, 0.2) is 0 Å². The Morgan fingerprint density at radius 1 is 1.12 bits per heavy atom. The second-order valence-electron chi connectivity index (χ2n) is 8.38. The highest BCUT2D eigenvalue weighted by Crippen LogP contribution is 2.41. The number of nitrogens with one attached hydrogen (secondary N) is 1. The van der Waals surface area contributed by atoms with Gasteiger partial charge < -0.3 is 20.1 Å². The van der Waals surface area contributed by atoms with E-state index in [2.05, 4.69) is 22.3 Å². The van der Waals surface area contributed by atoms with Gasteiger partial charge in [-0.1, -0.05) is 12.1 Å². The summed E-state index contributed by atoms with van der Waals surface area (Å²) >= 11 is 1.54. The van der Waals surface area contributed by atoms with Gasteiger partial charge in [-0.25, -0.2) is 4.79 Å². The van der Waals surface area contributed by atoms with Gasteiger partial charge in [-0.2, -0.15) is 11.3 Å². The van der Waals surface area contributed by atoms with Crippen LogP contribution in [-0.2, 0) is 16.1 Å². The van der Waals surface area contributed by atoms with Crippen LogP contribution in [0.4, 0.5) is 11.4 Å². The van der Waals surface area contributed by atoms with Crippen LogP contribution in [-0.4, -0.2) is 55.2 Å². The molecule has 174 valence electrons. The number of carboxylic acids is 1. The van der Waals surface area contributed by atoms with E-state index in [1.165, 1.54) is 11.6 Å². The van der Waals surface area contributed by atoms with Gasteiger partial charge >= 0.3 is 5.97 Å². The summed E-state index contributed by atoms with van der Waals surface area (Å²) in [4.78, 5) is 28.9. The fourth-order valence-corrected chi connectivity index (χ4v) is 5.04. The molecule has 3 heterocycles. The largest absolute Gasteiger partial charge is 0.478 e. The van der Waals surface area contributed by atoms with Crippen molar-refractivity contribution in [3.05, 3.63) is 81.5 Å². The first kappa shape index (κ1) is 22.3. The van der Waals surface area contributed by atoms with Gasteiger partial charge in [0, 0.05) is 48.9 Å². The van der Waals surface area contributed by atoms with E-state index in [1.54, 1.807) is 35.4 Å². The van der Waals surface area contributed by atoms with Crippen LogP contribution in [0.3, 0.4) is 0 Å². The van der Waals surface area contributed by atoms with E-state index < -0.39 is 5.97 Å². The van der Waals surface area contributed by atoms with Crippen LogP contribution in [0.25, 0.3) is 11.3 Å². The minimum absolute atomic E-state index is 0.150. The Balaban J connectivity index is 1.56. The maximum absolute atomic E-state index is 13.4. The molecule has 0 spiro atoms. The van der Waals surface area contributed by atoms with E-state index in [0.717, 1.165) is 44.1 Å². The van der Waals surface area contributed by atoms with Crippen molar-refractivity contribution < 1.29 is 19.4 Å². The van der Waals surface area contributed by atoms with Gasteiger partial charge in [-0.15, -0.1) is 0 Å². The molecule has 0 atom stereocenters. The Bertz CT molecular complexity index is 1260. The number of fused-ring (bicyclic) bond motifs is 1. The zero-order valence-electron chi connectivity index (χ0n) is 18.8. The average molecular weight is 476 g/mol. The standard InChI is InChI=1S/C26H25N3O4S/c1-28-22-6-5-18(26(31)32)14-21(22)23(25(28)30)24(19-7-12-34-16-19)27-20-4-2-3-17(13-20)15-29-8-10-33-11-9-29/h2-7,12-14,16,27H,8-11,15H2,1H3,(H,31,32). The van der Waals surface area contributed by atoms with E-state index in [4.69, 9.17) is 4.74 Å². The number of thiophene rings is 1. The van der Waals surface area contributed by atoms with Crippen molar-refractivity contribution in [1.29, 1.82) is 0 Å². The molecule has 2 aromatic carbocycles. The molecule has 0 bridgehead atoms. The van der Waals surface area contributed by atoms with E-state index in [0.29, 0.717) is 22.5 Å². The number of hydrogen-bond donors (Lipinski definition) is 2. The van der Waals surface area contributed by atoms with Crippen LogP contribution in [0.2, 0.25) is 0 Å². The number of aromatic carboxylic acids is 1. The summed E-state index contributed by atoms with van der Waals surface area (Å²) < 4.78 is 5.45. The summed E-state index contributed by atoms with van der Waals surface area (Å²) in [6.45, 7) is 4.14. The lowest BCUT2D eigenvalue weighted by molar-refractivity contribution is -0.112. The average Bonchev–Trinajstić information content (AvgIpc) is 3.46. The molecule has 0 aliphatic carbocycles. The summed E-state index contributed by atoms with van der Waals surface area (Å²) in [5, 5.41) is 17.0. The number of carbonyl (C=O) groups excluding carboxylic acids is 1. The van der Waals surface area contributed by atoms with E-state index in [1.807, 2.05) is 29.0 Å². The molecule has 2 aliphatic rings. The minimum Gasteiger partial charge on any atom is -0.478 e. The number of likely N-dealkylation sites (N-methyl/N-ethyl adjacent to an activating group) is 1. The third-order valence-corrected chi connectivity index (χ3v) is 6.84. The molecule has 2 aliphatic heterocycles. The number of ether oxygens (including phenoxy) is 1. The van der Waals surface area contributed by atoms with E-state index >= 15 is 0 Å². The Hall–Kier alpha value is -3.46. The summed E-state index contributed by atoms with van der Waals surface area (Å²) in [5.41, 5.74) is 5.53. The molecular weight excluding hydrogens is 450 g/mol. The lowest BCUT2D eigenvalue weighted by Crippen LogP contribution is -2.35. The minimum atomic E-state index is -1.02. The monoisotopic (exact) mass is 475 g/mol. The Labute approximate surface area is 201 Å². The number of benzene rings is 2. The number of rotatable bonds is 6. The lowest BCUT2D eigenvalue weighted by atomic mass is 9.99. The quantitative estimate of drug-likeness (QED) is 0.519. The molecule has 1 aromatic heterocycles. The molecular formula is C26H25N3O4S. The van der Waals surface area contributed by atoms with Gasteiger partial charge in [-0.3, -0.25) is 9.69 Å². The number of amides is 1. The molecule has 0 radical (unpaired) electrons. The Morgan fingerprint density at radius 2 is 1.94 bits per heavy atom. The maximum atomic E-state index is 13.4. The number of hydrogen-bond acceptors (Lipinski definition) is 6. The third-order valence-electron chi connectivity index (χ3n) is 6.16. The molecule has 34 heavy (non-hydrogen) atoms. The maximum Gasteiger partial charge on any atom is 0.335 e. The van der Waals surface area contributed by atoms with Crippen LogP contribution >= 0.6 is 11.3 Å². The Kier molecular flexibility index (Phi) is 6.19. The highest BCUT2D eigenvalue weighted by Gasteiger charge is 2.34. The molecule has 7 nitrogen and oxygen atoms in total. The normalized spacial score (nSPS) is 17.6. The first-order valence-electron chi connectivity index (χ1n) is 11.1. The van der Waals surface area contributed by atoms with Gasteiger partial charge in [0.2, 0.25) is 0 Å². The fourth-order valence-electron chi connectivity index (χ4n) is 4.39. The van der Waals surface area contributed by atoms with Crippen LogP contribution in [0.15, 0.2) is 59.3 Å². The van der Waals surface area contributed by atoms with Gasteiger partial charge in [0.1, 0.15) is 0 Å². The van der Waals surface area contributed by atoms with E-state index in [9.17, 15) is 14.7 Å². The number of carbonyl (C=O) groups is 2. The smallest absolute Gasteiger partial charge is 0.335 e. The van der Waals surface area contributed by atoms with Crippen LogP contribution in [0.5, 0.6) is 0 Å². The van der Waals surface area contributed by atoms with Crippen molar-refractivity contribution in [2.75, 3.05) is 43.6 Å². The number of nitrogens with zero attached hydrogens (tertiary/aromatic N) is 2. The summed E-state index contributed by atoms with van der Waals surface area (Å²) in [5.74, 6) is -1.19. The molecule has 1 fully saturated rings. The number of carboxylic acid groups (broad SMARTS) is 1. The van der Waals surface area contributed by atoms with Crippen LogP contribution in [0.1, 0.15) is 27.0 Å². The van der Waals surface area contributed by atoms with Crippen molar-refractivity contribution in [2.24, 2.45) is 0 Å². The predicted molar refractivity (Wildman–Crippen MR) is 134 cm³/mol. The molecule has 8 heteroatoms. The molecule has 1 saturated heterocycles. The summed E-state index contributed by atoms with van der Waals surface area (Å²) in [7, 11) is 1.71. The molecule has 0 unspecified atom stereocenters. The second kappa shape index (κ2) is 9.42. The van der Waals surface area contributed by atoms with Crippen molar-refractivity contribution >= 4 is 45.9 Å². The van der Waals surface area contributed by atoms with Gasteiger partial charge in [-0.05, 0) is 47.3 Å². The molecule has 5 rings (SSSR count). The molecule has 1 amide bonds. The van der Waals surface area contributed by atoms with Crippen LogP contribution < -0.4 is 10.2 Å². The molecule has 0 saturated carbocycles. The van der Waals surface area contributed by atoms with E-state index in [-0.39, 0.29) is 11.5 Å². The highest BCUT2D eigenvalue weighted by atomic mass is 32.1. The van der Waals surface area contributed by atoms with Gasteiger partial charge in [0.05, 0.1) is 35.7 Å². The zero-order chi connectivity index (χ0) is 23.7. The van der Waals surface area contributed by atoms with Gasteiger partial charge in [0.25, 0.3) is 5.91 Å². The van der Waals surface area contributed by atoms with Crippen LogP contribution in [0, 0.1) is 0 Å².